The maximum Gasteiger partial charge on any atom is 0.270 e. The Morgan fingerprint density at radius 2 is 2.29 bits per heavy atom. The number of anilines is 1. The summed E-state index contributed by atoms with van der Waals surface area (Å²) in [6.45, 7) is 2.89. The first-order valence-electron chi connectivity index (χ1n) is 5.86. The van der Waals surface area contributed by atoms with Gasteiger partial charge in [0, 0.05) is 30.3 Å². The molecule has 2 atom stereocenters. The third-order valence-corrected chi connectivity index (χ3v) is 3.75. The number of nitro groups is 1. The minimum absolute atomic E-state index is 0.198. The number of nitro benzene ring substituents is 1. The van der Waals surface area contributed by atoms with Gasteiger partial charge in [-0.05, 0) is 30.4 Å². The first-order chi connectivity index (χ1) is 8.16. The predicted molar refractivity (Wildman–Crippen MR) is 66.3 cm³/mol. The van der Waals surface area contributed by atoms with Crippen LogP contribution in [0.4, 0.5) is 11.4 Å². The summed E-state index contributed by atoms with van der Waals surface area (Å²) in [7, 11) is 0. The van der Waals surface area contributed by atoms with Crippen molar-refractivity contribution >= 4 is 11.4 Å². The summed E-state index contributed by atoms with van der Waals surface area (Å²) in [5.74, 6) is 0.911. The Hall–Kier alpha value is -1.84. The van der Waals surface area contributed by atoms with Gasteiger partial charge in [-0.25, -0.2) is 0 Å². The molecule has 1 aliphatic heterocycles. The first-order valence-corrected chi connectivity index (χ1v) is 5.86. The monoisotopic (exact) mass is 230 g/mol. The first kappa shape index (κ1) is 10.3. The minimum atomic E-state index is -0.310. The van der Waals surface area contributed by atoms with Crippen LogP contribution in [0.2, 0.25) is 0 Å². The van der Waals surface area contributed by atoms with Crippen LogP contribution in [0.15, 0.2) is 24.3 Å². The third kappa shape index (κ3) is 1.52. The van der Waals surface area contributed by atoms with Gasteiger partial charge in [-0.2, -0.15) is 0 Å². The number of nitrogens with zero attached hydrogens (tertiary/aromatic N) is 1. The fraction of sp³-hybridized carbons (Fsp3) is 0.385. The molecule has 4 nitrogen and oxygen atoms in total. The summed E-state index contributed by atoms with van der Waals surface area (Å²) in [6.07, 6.45) is 5.44. The molecule has 17 heavy (non-hydrogen) atoms. The highest BCUT2D eigenvalue weighted by atomic mass is 16.6. The zero-order chi connectivity index (χ0) is 12.0. The number of nitrogens with one attached hydrogen (secondary N) is 1. The van der Waals surface area contributed by atoms with Gasteiger partial charge in [0.25, 0.3) is 5.69 Å². The van der Waals surface area contributed by atoms with Crippen molar-refractivity contribution in [1.82, 2.24) is 0 Å². The number of non-ortho nitro benzene ring substituents is 1. The quantitative estimate of drug-likeness (QED) is 0.458. The van der Waals surface area contributed by atoms with Gasteiger partial charge in [-0.1, -0.05) is 12.2 Å². The number of fused-ring (bicyclic) bond motifs is 3. The largest absolute Gasteiger partial charge is 0.384 e. The maximum absolute atomic E-state index is 10.9. The van der Waals surface area contributed by atoms with Gasteiger partial charge in [0.2, 0.25) is 0 Å². The highest BCUT2D eigenvalue weighted by Crippen LogP contribution is 2.44. The summed E-state index contributed by atoms with van der Waals surface area (Å²) < 4.78 is 0. The van der Waals surface area contributed by atoms with E-state index in [1.165, 1.54) is 0 Å². The molecular formula is C13H14N2O2. The van der Waals surface area contributed by atoms with E-state index < -0.39 is 0 Å². The van der Waals surface area contributed by atoms with Gasteiger partial charge < -0.3 is 5.32 Å². The molecule has 2 aliphatic rings. The average Bonchev–Trinajstić information content (AvgIpc) is 2.76. The number of hydrogen-bond acceptors (Lipinski definition) is 3. The van der Waals surface area contributed by atoms with Crippen LogP contribution in [0, 0.1) is 23.0 Å². The normalized spacial score (nSPS) is 25.0. The highest BCUT2D eigenvalue weighted by molar-refractivity contribution is 5.65. The second-order valence-electron chi connectivity index (χ2n) is 4.81. The smallest absolute Gasteiger partial charge is 0.270 e. The van der Waals surface area contributed by atoms with Crippen LogP contribution in [-0.4, -0.2) is 11.5 Å². The molecule has 4 heteroatoms. The van der Waals surface area contributed by atoms with E-state index in [0.717, 1.165) is 29.8 Å². The van der Waals surface area contributed by atoms with Crippen LogP contribution in [0.3, 0.4) is 0 Å². The van der Waals surface area contributed by atoms with Crippen molar-refractivity contribution in [2.75, 3.05) is 11.9 Å². The van der Waals surface area contributed by atoms with Gasteiger partial charge in [0.15, 0.2) is 0 Å². The van der Waals surface area contributed by atoms with Crippen LogP contribution >= 0.6 is 0 Å². The fourth-order valence-electron chi connectivity index (χ4n) is 2.91. The summed E-state index contributed by atoms with van der Waals surface area (Å²) in [4.78, 5) is 10.6. The Kier molecular flexibility index (Phi) is 2.18. The SMILES string of the molecule is Cc1cc([N+](=O)[O-])cc2c1NC[C@@H]1CC=C[C@H]21. The highest BCUT2D eigenvalue weighted by Gasteiger charge is 2.32. The summed E-state index contributed by atoms with van der Waals surface area (Å²) in [6, 6.07) is 3.37. The zero-order valence-electron chi connectivity index (χ0n) is 9.64. The Morgan fingerprint density at radius 3 is 3.06 bits per heavy atom. The number of hydrogen-bond donors (Lipinski definition) is 1. The van der Waals surface area contributed by atoms with E-state index in [4.69, 9.17) is 0 Å². The molecule has 1 aromatic carbocycles. The topological polar surface area (TPSA) is 55.2 Å². The molecule has 0 aromatic heterocycles. The summed E-state index contributed by atoms with van der Waals surface area (Å²) in [5, 5.41) is 14.3. The van der Waals surface area contributed by atoms with E-state index in [1.807, 2.05) is 6.92 Å². The molecule has 0 saturated heterocycles. The standard InChI is InChI=1S/C13H14N2O2/c1-8-5-10(15(16)17)6-12-11-4-2-3-9(11)7-14-13(8)12/h2,4-6,9,11,14H,3,7H2,1H3/t9-,11-/m0/s1. The molecule has 0 amide bonds. The molecular weight excluding hydrogens is 216 g/mol. The van der Waals surface area contributed by atoms with Gasteiger partial charge in [-0.3, -0.25) is 10.1 Å². The van der Waals surface area contributed by atoms with Crippen LogP contribution in [0.1, 0.15) is 23.5 Å². The van der Waals surface area contributed by atoms with Crippen molar-refractivity contribution in [2.24, 2.45) is 5.92 Å². The van der Waals surface area contributed by atoms with Crippen molar-refractivity contribution in [2.45, 2.75) is 19.3 Å². The Balaban J connectivity index is 2.15. The van der Waals surface area contributed by atoms with Crippen molar-refractivity contribution in [3.8, 4) is 0 Å². The Labute approximate surface area is 99.5 Å². The molecule has 0 bridgehead atoms. The van der Waals surface area contributed by atoms with Crippen LogP contribution in [0.25, 0.3) is 0 Å². The lowest BCUT2D eigenvalue weighted by Gasteiger charge is -2.30. The van der Waals surface area contributed by atoms with E-state index in [1.54, 1.807) is 12.1 Å². The van der Waals surface area contributed by atoms with Crippen LogP contribution in [0.5, 0.6) is 0 Å². The van der Waals surface area contributed by atoms with Gasteiger partial charge >= 0.3 is 0 Å². The van der Waals surface area contributed by atoms with E-state index in [0.29, 0.717) is 11.8 Å². The Morgan fingerprint density at radius 1 is 1.47 bits per heavy atom. The summed E-state index contributed by atoms with van der Waals surface area (Å²) in [5.41, 5.74) is 3.34. The lowest BCUT2D eigenvalue weighted by molar-refractivity contribution is -0.385. The molecule has 0 unspecified atom stereocenters. The van der Waals surface area contributed by atoms with Crippen LogP contribution < -0.4 is 5.32 Å². The van der Waals surface area contributed by atoms with Gasteiger partial charge in [-0.15, -0.1) is 0 Å². The molecule has 0 spiro atoms. The predicted octanol–water partition coefficient (Wildman–Crippen LogP) is 2.99. The second kappa shape index (κ2) is 3.58. The lowest BCUT2D eigenvalue weighted by atomic mass is 9.83. The lowest BCUT2D eigenvalue weighted by Crippen LogP contribution is -2.25. The zero-order valence-corrected chi connectivity index (χ0v) is 9.64. The van der Waals surface area contributed by atoms with E-state index >= 15 is 0 Å². The minimum Gasteiger partial charge on any atom is -0.384 e. The van der Waals surface area contributed by atoms with Crippen molar-refractivity contribution in [3.63, 3.8) is 0 Å². The van der Waals surface area contributed by atoms with Crippen molar-refractivity contribution < 1.29 is 4.92 Å². The van der Waals surface area contributed by atoms with Gasteiger partial charge in [0.1, 0.15) is 0 Å². The molecule has 1 N–H and O–H groups in total. The summed E-state index contributed by atoms with van der Waals surface area (Å²) >= 11 is 0. The molecule has 0 fully saturated rings. The number of benzene rings is 1. The number of allylic oxidation sites excluding steroid dienone is 2. The fourth-order valence-corrected chi connectivity index (χ4v) is 2.91. The number of aryl methyl sites for hydroxylation is 1. The van der Waals surface area contributed by atoms with E-state index in [2.05, 4.69) is 17.5 Å². The van der Waals surface area contributed by atoms with Crippen molar-refractivity contribution in [3.05, 3.63) is 45.5 Å². The Bertz CT molecular complexity index is 522. The van der Waals surface area contributed by atoms with E-state index in [-0.39, 0.29) is 10.6 Å². The average molecular weight is 230 g/mol. The van der Waals surface area contributed by atoms with E-state index in [9.17, 15) is 10.1 Å². The molecule has 3 rings (SSSR count). The second-order valence-corrected chi connectivity index (χ2v) is 4.81. The molecule has 1 aliphatic carbocycles. The molecule has 1 heterocycles. The van der Waals surface area contributed by atoms with Crippen LogP contribution in [-0.2, 0) is 0 Å². The molecule has 1 aromatic rings. The molecule has 0 saturated carbocycles. The van der Waals surface area contributed by atoms with Gasteiger partial charge in [0.05, 0.1) is 4.92 Å². The van der Waals surface area contributed by atoms with Crippen molar-refractivity contribution in [1.29, 1.82) is 0 Å². The number of rotatable bonds is 1. The molecule has 88 valence electrons. The molecule has 0 radical (unpaired) electrons. The third-order valence-electron chi connectivity index (χ3n) is 3.75. The maximum atomic E-state index is 10.9.